The Kier molecular flexibility index (Phi) is 7.67. The second-order valence-electron chi connectivity index (χ2n) is 9.29. The maximum atomic E-state index is 12.7. The number of carbonyl (C=O) groups is 3. The van der Waals surface area contributed by atoms with E-state index < -0.39 is 30.1 Å². The van der Waals surface area contributed by atoms with Gasteiger partial charge in [0.2, 0.25) is 0 Å². The monoisotopic (exact) mass is 481 g/mol. The number of carbonyl (C=O) groups excluding carboxylic acids is 2. The van der Waals surface area contributed by atoms with Crippen molar-refractivity contribution in [2.24, 2.45) is 5.92 Å². The molecule has 1 saturated carbocycles. The third kappa shape index (κ3) is 5.98. The van der Waals surface area contributed by atoms with Crippen LogP contribution in [0.1, 0.15) is 36.3 Å². The summed E-state index contributed by atoms with van der Waals surface area (Å²) >= 11 is 0. The smallest absolute Gasteiger partial charge is 0.407 e. The van der Waals surface area contributed by atoms with Crippen LogP contribution in [-0.4, -0.2) is 67.4 Å². The minimum absolute atomic E-state index is 0.0969. The number of hydrogen-bond donors (Lipinski definition) is 3. The predicted octanol–water partition coefficient (Wildman–Crippen LogP) is 2.76. The molecule has 0 aliphatic heterocycles. The van der Waals surface area contributed by atoms with Crippen molar-refractivity contribution < 1.29 is 29.1 Å². The molecule has 0 bridgehead atoms. The molecule has 4 rings (SSSR count). The van der Waals surface area contributed by atoms with Crippen molar-refractivity contribution >= 4 is 18.0 Å². The highest BCUT2D eigenvalue weighted by atomic mass is 16.7. The molecular weight excluding hydrogens is 450 g/mol. The quantitative estimate of drug-likeness (QED) is 0.423. The SMILES string of the molecule is CN(C)CCC(NC(=O)OCC1c2ccccc2-c2ccccc21)C(=O)NOC(C(=O)O)C1CC1. The summed E-state index contributed by atoms with van der Waals surface area (Å²) in [5.41, 5.74) is 6.67. The van der Waals surface area contributed by atoms with Gasteiger partial charge in [0.1, 0.15) is 12.6 Å². The molecule has 35 heavy (non-hydrogen) atoms. The average molecular weight is 482 g/mol. The van der Waals surface area contributed by atoms with Gasteiger partial charge in [0.15, 0.2) is 6.10 Å². The first-order valence-electron chi connectivity index (χ1n) is 11.8. The highest BCUT2D eigenvalue weighted by Gasteiger charge is 2.38. The van der Waals surface area contributed by atoms with Crippen LogP contribution in [0.2, 0.25) is 0 Å². The second-order valence-corrected chi connectivity index (χ2v) is 9.29. The van der Waals surface area contributed by atoms with E-state index in [1.54, 1.807) is 0 Å². The Labute approximate surface area is 204 Å². The van der Waals surface area contributed by atoms with Crippen molar-refractivity contribution in [1.29, 1.82) is 0 Å². The van der Waals surface area contributed by atoms with Gasteiger partial charge in [-0.2, -0.15) is 0 Å². The molecule has 0 aromatic heterocycles. The molecule has 2 aromatic carbocycles. The number of alkyl carbamates (subject to hydrolysis) is 1. The number of fused-ring (bicyclic) bond motifs is 3. The molecule has 2 amide bonds. The summed E-state index contributed by atoms with van der Waals surface area (Å²) < 4.78 is 5.56. The Hall–Kier alpha value is -3.43. The standard InChI is InChI=1S/C26H31N3O6/c1-29(2)14-13-22(24(30)28-35-23(25(31)32)16-11-12-16)27-26(33)34-15-21-19-9-5-3-7-17(19)18-8-4-6-10-20(18)21/h3-10,16,21-23H,11-15H2,1-2H3,(H,27,33)(H,28,30)(H,31,32). The molecular formula is C26H31N3O6. The van der Waals surface area contributed by atoms with Gasteiger partial charge in [-0.3, -0.25) is 9.63 Å². The maximum Gasteiger partial charge on any atom is 0.407 e. The fourth-order valence-corrected chi connectivity index (χ4v) is 4.38. The van der Waals surface area contributed by atoms with Crippen LogP contribution >= 0.6 is 0 Å². The first-order chi connectivity index (χ1) is 16.8. The number of ether oxygens (including phenoxy) is 1. The molecule has 9 nitrogen and oxygen atoms in total. The van der Waals surface area contributed by atoms with E-state index in [-0.39, 0.29) is 18.4 Å². The van der Waals surface area contributed by atoms with Crippen molar-refractivity contribution in [3.63, 3.8) is 0 Å². The lowest BCUT2D eigenvalue weighted by Gasteiger charge is -2.22. The van der Waals surface area contributed by atoms with E-state index in [1.807, 2.05) is 55.4 Å². The van der Waals surface area contributed by atoms with E-state index >= 15 is 0 Å². The van der Waals surface area contributed by atoms with Crippen molar-refractivity contribution in [2.45, 2.75) is 37.3 Å². The van der Waals surface area contributed by atoms with E-state index in [0.717, 1.165) is 35.1 Å². The Balaban J connectivity index is 1.37. The molecule has 186 valence electrons. The summed E-state index contributed by atoms with van der Waals surface area (Å²) in [7, 11) is 3.71. The van der Waals surface area contributed by atoms with Gasteiger partial charge in [0.25, 0.3) is 5.91 Å². The zero-order chi connectivity index (χ0) is 24.9. The molecule has 3 N–H and O–H groups in total. The highest BCUT2D eigenvalue weighted by molar-refractivity contribution is 5.85. The number of rotatable bonds is 11. The normalized spacial score (nSPS) is 16.2. The van der Waals surface area contributed by atoms with Gasteiger partial charge in [-0.05, 0) is 68.1 Å². The molecule has 0 spiro atoms. The minimum Gasteiger partial charge on any atom is -0.479 e. The number of nitrogens with zero attached hydrogens (tertiary/aromatic N) is 1. The first kappa shape index (κ1) is 24.7. The fraction of sp³-hybridized carbons (Fsp3) is 0.423. The molecule has 0 radical (unpaired) electrons. The zero-order valence-corrected chi connectivity index (χ0v) is 19.9. The lowest BCUT2D eigenvalue weighted by molar-refractivity contribution is -0.163. The van der Waals surface area contributed by atoms with Gasteiger partial charge in [0.05, 0.1) is 0 Å². The number of amides is 2. The summed E-state index contributed by atoms with van der Waals surface area (Å²) in [6.07, 6.45) is -0.0252. The van der Waals surface area contributed by atoms with Crippen molar-refractivity contribution in [3.05, 3.63) is 59.7 Å². The lowest BCUT2D eigenvalue weighted by atomic mass is 9.98. The molecule has 9 heteroatoms. The van der Waals surface area contributed by atoms with Crippen LogP contribution in [-0.2, 0) is 19.2 Å². The van der Waals surface area contributed by atoms with Crippen molar-refractivity contribution in [2.75, 3.05) is 27.2 Å². The van der Waals surface area contributed by atoms with Gasteiger partial charge in [0, 0.05) is 5.92 Å². The van der Waals surface area contributed by atoms with Crippen LogP contribution in [0.5, 0.6) is 0 Å². The number of nitrogens with one attached hydrogen (secondary N) is 2. The molecule has 2 aliphatic rings. The van der Waals surface area contributed by atoms with Crippen LogP contribution in [0.25, 0.3) is 11.1 Å². The van der Waals surface area contributed by atoms with Gasteiger partial charge in [-0.15, -0.1) is 0 Å². The average Bonchev–Trinajstić information content (AvgIpc) is 3.62. The van der Waals surface area contributed by atoms with Crippen LogP contribution in [0, 0.1) is 5.92 Å². The number of hydrogen-bond acceptors (Lipinski definition) is 6. The summed E-state index contributed by atoms with van der Waals surface area (Å²) in [6.45, 7) is 0.647. The maximum absolute atomic E-state index is 12.7. The van der Waals surface area contributed by atoms with E-state index in [2.05, 4.69) is 22.9 Å². The molecule has 0 saturated heterocycles. The lowest BCUT2D eigenvalue weighted by Crippen LogP contribution is -2.49. The van der Waals surface area contributed by atoms with E-state index in [1.165, 1.54) is 0 Å². The van der Waals surface area contributed by atoms with E-state index in [0.29, 0.717) is 13.0 Å². The molecule has 1 fully saturated rings. The summed E-state index contributed by atoms with van der Waals surface area (Å²) in [5, 5.41) is 11.9. The van der Waals surface area contributed by atoms with E-state index in [9.17, 15) is 19.5 Å². The predicted molar refractivity (Wildman–Crippen MR) is 129 cm³/mol. The Bertz CT molecular complexity index is 1040. The number of carboxylic acid groups (broad SMARTS) is 1. The summed E-state index contributed by atoms with van der Waals surface area (Å²) in [5.74, 6) is -1.95. The third-order valence-electron chi connectivity index (χ3n) is 6.40. The molecule has 0 heterocycles. The minimum atomic E-state index is -1.12. The van der Waals surface area contributed by atoms with Gasteiger partial charge < -0.3 is 20.1 Å². The first-order valence-corrected chi connectivity index (χ1v) is 11.8. The number of benzene rings is 2. The Morgan fingerprint density at radius 2 is 1.63 bits per heavy atom. The number of carboxylic acids is 1. The Morgan fingerprint density at radius 3 is 2.17 bits per heavy atom. The van der Waals surface area contributed by atoms with Gasteiger partial charge in [-0.1, -0.05) is 48.5 Å². The van der Waals surface area contributed by atoms with Crippen LogP contribution < -0.4 is 10.8 Å². The van der Waals surface area contributed by atoms with Crippen molar-refractivity contribution in [1.82, 2.24) is 15.7 Å². The topological polar surface area (TPSA) is 117 Å². The Morgan fingerprint density at radius 1 is 1.03 bits per heavy atom. The second kappa shape index (κ2) is 10.9. The van der Waals surface area contributed by atoms with Crippen LogP contribution in [0.15, 0.2) is 48.5 Å². The van der Waals surface area contributed by atoms with Crippen LogP contribution in [0.3, 0.4) is 0 Å². The number of hydroxylamine groups is 1. The van der Waals surface area contributed by atoms with Gasteiger partial charge in [-0.25, -0.2) is 15.1 Å². The van der Waals surface area contributed by atoms with Gasteiger partial charge >= 0.3 is 12.1 Å². The summed E-state index contributed by atoms with van der Waals surface area (Å²) in [4.78, 5) is 43.8. The highest BCUT2D eigenvalue weighted by Crippen LogP contribution is 2.44. The fourth-order valence-electron chi connectivity index (χ4n) is 4.38. The molecule has 2 unspecified atom stereocenters. The largest absolute Gasteiger partial charge is 0.479 e. The molecule has 2 aliphatic carbocycles. The van der Waals surface area contributed by atoms with E-state index in [4.69, 9.17) is 9.57 Å². The zero-order valence-electron chi connectivity index (χ0n) is 19.9. The molecule has 2 atom stereocenters. The van der Waals surface area contributed by atoms with Crippen LogP contribution in [0.4, 0.5) is 4.79 Å². The third-order valence-corrected chi connectivity index (χ3v) is 6.40. The summed E-state index contributed by atoms with van der Waals surface area (Å²) in [6, 6.07) is 15.1. The number of aliphatic carboxylic acids is 1. The van der Waals surface area contributed by atoms with Crippen molar-refractivity contribution in [3.8, 4) is 11.1 Å². The molecule has 2 aromatic rings.